The first kappa shape index (κ1) is 12.3. The first-order chi connectivity index (χ1) is 8.61. The number of amides is 1. The zero-order valence-corrected chi connectivity index (χ0v) is 10.5. The van der Waals surface area contributed by atoms with Gasteiger partial charge in [0.1, 0.15) is 0 Å². The average molecular weight is 244 g/mol. The molecule has 2 aromatic rings. The highest BCUT2D eigenvalue weighted by Gasteiger charge is 2.09. The number of aryl methyl sites for hydroxylation is 2. The highest BCUT2D eigenvalue weighted by Crippen LogP contribution is 2.07. The van der Waals surface area contributed by atoms with E-state index in [2.05, 4.69) is 10.4 Å². The third-order valence-corrected chi connectivity index (χ3v) is 2.77. The van der Waals surface area contributed by atoms with E-state index in [1.165, 1.54) is 0 Å². The van der Waals surface area contributed by atoms with Crippen LogP contribution in [0.5, 0.6) is 0 Å². The van der Waals surface area contributed by atoms with Gasteiger partial charge in [-0.15, -0.1) is 0 Å². The molecule has 94 valence electrons. The molecule has 5 nitrogen and oxygen atoms in total. The van der Waals surface area contributed by atoms with Crippen molar-refractivity contribution in [3.8, 4) is 0 Å². The van der Waals surface area contributed by atoms with Gasteiger partial charge in [-0.05, 0) is 38.1 Å². The van der Waals surface area contributed by atoms with Crippen LogP contribution in [-0.4, -0.2) is 15.6 Å². The fraction of sp³-hybridized carbons (Fsp3) is 0.231. The quantitative estimate of drug-likeness (QED) is 0.855. The molecule has 0 aliphatic heterocycles. The molecule has 1 amide bonds. The number of aromatic nitrogens is 2. The molecular formula is C13H16N4O. The standard InChI is InChI=1S/C13H16N4O/c1-9-3-4-10(2)17(9)16-13(18)11-5-6-15-12(7-11)8-14/h3-7H,8,14H2,1-2H3,(H,16,18). The number of hydrogen-bond acceptors (Lipinski definition) is 3. The van der Waals surface area contributed by atoms with E-state index >= 15 is 0 Å². The number of carbonyl (C=O) groups excluding carboxylic acids is 1. The van der Waals surface area contributed by atoms with Crippen molar-refractivity contribution in [2.75, 3.05) is 5.43 Å². The summed E-state index contributed by atoms with van der Waals surface area (Å²) in [6.45, 7) is 4.19. The van der Waals surface area contributed by atoms with Crippen molar-refractivity contribution in [2.45, 2.75) is 20.4 Å². The van der Waals surface area contributed by atoms with Crippen molar-refractivity contribution < 1.29 is 4.79 Å². The monoisotopic (exact) mass is 244 g/mol. The Morgan fingerprint density at radius 1 is 1.33 bits per heavy atom. The summed E-state index contributed by atoms with van der Waals surface area (Å²) in [6.07, 6.45) is 1.59. The topological polar surface area (TPSA) is 72.9 Å². The number of nitrogens with one attached hydrogen (secondary N) is 1. The van der Waals surface area contributed by atoms with Gasteiger partial charge in [0.05, 0.1) is 5.69 Å². The fourth-order valence-electron chi connectivity index (χ4n) is 1.74. The molecule has 0 spiro atoms. The van der Waals surface area contributed by atoms with Crippen LogP contribution in [0.25, 0.3) is 0 Å². The van der Waals surface area contributed by atoms with Crippen LogP contribution in [0.1, 0.15) is 27.4 Å². The van der Waals surface area contributed by atoms with Gasteiger partial charge in [0, 0.05) is 29.7 Å². The lowest BCUT2D eigenvalue weighted by Crippen LogP contribution is -2.24. The fourth-order valence-corrected chi connectivity index (χ4v) is 1.74. The van der Waals surface area contributed by atoms with Crippen molar-refractivity contribution in [3.63, 3.8) is 0 Å². The van der Waals surface area contributed by atoms with E-state index in [0.29, 0.717) is 17.8 Å². The van der Waals surface area contributed by atoms with Gasteiger partial charge in [-0.1, -0.05) is 0 Å². The highest BCUT2D eigenvalue weighted by atomic mass is 16.2. The van der Waals surface area contributed by atoms with Gasteiger partial charge in [-0.2, -0.15) is 0 Å². The maximum absolute atomic E-state index is 12.1. The maximum atomic E-state index is 12.1. The summed E-state index contributed by atoms with van der Waals surface area (Å²) in [5.74, 6) is -0.172. The van der Waals surface area contributed by atoms with Crippen LogP contribution in [0.2, 0.25) is 0 Å². The molecule has 0 atom stereocenters. The van der Waals surface area contributed by atoms with E-state index in [4.69, 9.17) is 5.73 Å². The number of rotatable bonds is 3. The molecule has 0 aliphatic carbocycles. The Bertz CT molecular complexity index is 555. The Hall–Kier alpha value is -2.14. The molecule has 0 saturated carbocycles. The minimum Gasteiger partial charge on any atom is -0.325 e. The maximum Gasteiger partial charge on any atom is 0.270 e. The summed E-state index contributed by atoms with van der Waals surface area (Å²) in [5.41, 5.74) is 11.6. The molecule has 2 heterocycles. The Kier molecular flexibility index (Phi) is 3.43. The van der Waals surface area contributed by atoms with Gasteiger partial charge < -0.3 is 5.73 Å². The van der Waals surface area contributed by atoms with Crippen LogP contribution in [0, 0.1) is 13.8 Å². The first-order valence-electron chi connectivity index (χ1n) is 5.73. The Morgan fingerprint density at radius 2 is 2.00 bits per heavy atom. The third-order valence-electron chi connectivity index (χ3n) is 2.77. The molecule has 2 aromatic heterocycles. The number of hydrogen-bond donors (Lipinski definition) is 2. The van der Waals surface area contributed by atoms with Gasteiger partial charge in [-0.3, -0.25) is 19.9 Å². The third kappa shape index (κ3) is 2.41. The summed E-state index contributed by atoms with van der Waals surface area (Å²) < 4.78 is 1.75. The van der Waals surface area contributed by atoms with E-state index < -0.39 is 0 Å². The van der Waals surface area contributed by atoms with E-state index in [0.717, 1.165) is 11.4 Å². The minimum atomic E-state index is -0.172. The average Bonchev–Trinajstić information content (AvgIpc) is 2.70. The predicted octanol–water partition coefficient (Wildman–Crippen LogP) is 1.34. The summed E-state index contributed by atoms with van der Waals surface area (Å²) >= 11 is 0. The molecule has 0 saturated heterocycles. The number of nitrogens with two attached hydrogens (primary N) is 1. The molecule has 18 heavy (non-hydrogen) atoms. The first-order valence-corrected chi connectivity index (χ1v) is 5.73. The van der Waals surface area contributed by atoms with Gasteiger partial charge in [0.15, 0.2) is 0 Å². The molecule has 3 N–H and O–H groups in total. The van der Waals surface area contributed by atoms with Gasteiger partial charge in [0.25, 0.3) is 5.91 Å². The number of nitrogens with zero attached hydrogens (tertiary/aromatic N) is 2. The predicted molar refractivity (Wildman–Crippen MR) is 69.7 cm³/mol. The Morgan fingerprint density at radius 3 is 2.61 bits per heavy atom. The molecule has 5 heteroatoms. The van der Waals surface area contributed by atoms with Crippen LogP contribution in [-0.2, 0) is 6.54 Å². The Labute approximate surface area is 106 Å². The molecule has 0 aromatic carbocycles. The highest BCUT2D eigenvalue weighted by molar-refractivity contribution is 6.00. The number of carbonyl (C=O) groups is 1. The largest absolute Gasteiger partial charge is 0.325 e. The van der Waals surface area contributed by atoms with E-state index in [9.17, 15) is 4.79 Å². The SMILES string of the molecule is Cc1ccc(C)n1NC(=O)c1ccnc(CN)c1. The van der Waals surface area contributed by atoms with E-state index in [1.807, 2.05) is 26.0 Å². The van der Waals surface area contributed by atoms with Crippen molar-refractivity contribution in [3.05, 3.63) is 53.1 Å². The minimum absolute atomic E-state index is 0.172. The summed E-state index contributed by atoms with van der Waals surface area (Å²) in [4.78, 5) is 16.1. The number of pyridine rings is 1. The smallest absolute Gasteiger partial charge is 0.270 e. The lowest BCUT2D eigenvalue weighted by Gasteiger charge is -2.11. The lowest BCUT2D eigenvalue weighted by atomic mass is 10.2. The van der Waals surface area contributed by atoms with Crippen LogP contribution >= 0.6 is 0 Å². The van der Waals surface area contributed by atoms with Crippen molar-refractivity contribution in [2.24, 2.45) is 5.73 Å². The molecule has 0 unspecified atom stereocenters. The zero-order chi connectivity index (χ0) is 13.1. The van der Waals surface area contributed by atoms with Crippen LogP contribution in [0.3, 0.4) is 0 Å². The van der Waals surface area contributed by atoms with Gasteiger partial charge >= 0.3 is 0 Å². The van der Waals surface area contributed by atoms with E-state index in [-0.39, 0.29) is 5.91 Å². The van der Waals surface area contributed by atoms with Crippen molar-refractivity contribution >= 4 is 5.91 Å². The van der Waals surface area contributed by atoms with E-state index in [1.54, 1.807) is 23.0 Å². The van der Waals surface area contributed by atoms with Crippen LogP contribution in [0.4, 0.5) is 0 Å². The van der Waals surface area contributed by atoms with Gasteiger partial charge in [0.2, 0.25) is 0 Å². The van der Waals surface area contributed by atoms with Crippen LogP contribution in [0.15, 0.2) is 30.5 Å². The molecule has 0 fully saturated rings. The molecule has 2 rings (SSSR count). The second-order valence-corrected chi connectivity index (χ2v) is 4.13. The summed E-state index contributed by atoms with van der Waals surface area (Å²) in [5, 5.41) is 0. The molecule has 0 radical (unpaired) electrons. The molecule has 0 bridgehead atoms. The van der Waals surface area contributed by atoms with Crippen LogP contribution < -0.4 is 11.2 Å². The van der Waals surface area contributed by atoms with Crippen molar-refractivity contribution in [1.29, 1.82) is 0 Å². The summed E-state index contributed by atoms with van der Waals surface area (Å²) in [7, 11) is 0. The van der Waals surface area contributed by atoms with Crippen molar-refractivity contribution in [1.82, 2.24) is 9.66 Å². The second-order valence-electron chi connectivity index (χ2n) is 4.13. The lowest BCUT2D eigenvalue weighted by molar-refractivity contribution is 0.101. The molecular weight excluding hydrogens is 228 g/mol. The van der Waals surface area contributed by atoms with Gasteiger partial charge in [-0.25, -0.2) is 0 Å². The summed E-state index contributed by atoms with van der Waals surface area (Å²) in [6, 6.07) is 7.27. The molecule has 0 aliphatic rings. The zero-order valence-electron chi connectivity index (χ0n) is 10.5. The normalized spacial score (nSPS) is 10.4. The second kappa shape index (κ2) is 5.01. The Balaban J connectivity index is 2.22.